The molecule has 0 spiro atoms. The summed E-state index contributed by atoms with van der Waals surface area (Å²) >= 11 is 3.00. The summed E-state index contributed by atoms with van der Waals surface area (Å²) in [5.41, 5.74) is 6.07. The minimum atomic E-state index is 0.515. The van der Waals surface area contributed by atoms with Gasteiger partial charge in [0.05, 0.1) is 5.69 Å². The van der Waals surface area contributed by atoms with Gasteiger partial charge in [0.25, 0.3) is 0 Å². The number of thiazole rings is 2. The molecule has 0 aromatic carbocycles. The Morgan fingerprint density at radius 3 is 2.73 bits per heavy atom. The number of nitrogens with one attached hydrogen (secondary N) is 1. The van der Waals surface area contributed by atoms with Crippen LogP contribution in [0.2, 0.25) is 0 Å². The highest BCUT2D eigenvalue weighted by molar-refractivity contribution is 7.14. The van der Waals surface area contributed by atoms with Gasteiger partial charge in [-0.3, -0.25) is 0 Å². The van der Waals surface area contributed by atoms with Gasteiger partial charge in [0.15, 0.2) is 5.13 Å². The van der Waals surface area contributed by atoms with Gasteiger partial charge in [0.1, 0.15) is 16.6 Å². The van der Waals surface area contributed by atoms with E-state index >= 15 is 0 Å². The molecular weight excluding hydrogens is 362 g/mol. The molecule has 1 N–H and O–H groups in total. The van der Waals surface area contributed by atoms with Crippen molar-refractivity contribution >= 4 is 33.4 Å². The van der Waals surface area contributed by atoms with E-state index in [1.54, 1.807) is 6.20 Å². The zero-order chi connectivity index (χ0) is 18.7. The van der Waals surface area contributed by atoms with Crippen molar-refractivity contribution in [1.29, 1.82) is 5.26 Å². The van der Waals surface area contributed by atoms with Crippen LogP contribution >= 0.6 is 22.7 Å². The first-order valence-corrected chi connectivity index (χ1v) is 10.2. The number of aryl methyl sites for hydroxylation is 2. The van der Waals surface area contributed by atoms with Crippen molar-refractivity contribution in [2.75, 3.05) is 5.32 Å². The van der Waals surface area contributed by atoms with Crippen molar-refractivity contribution in [3.8, 4) is 17.3 Å². The van der Waals surface area contributed by atoms with Crippen LogP contribution in [0.1, 0.15) is 35.4 Å². The first kappa shape index (κ1) is 18.4. The van der Waals surface area contributed by atoms with Gasteiger partial charge in [-0.05, 0) is 33.3 Å². The zero-order valence-corrected chi connectivity index (χ0v) is 17.0. The van der Waals surface area contributed by atoms with Crippen LogP contribution in [-0.4, -0.2) is 14.5 Å². The molecule has 0 unspecified atom stereocenters. The fourth-order valence-corrected chi connectivity index (χ4v) is 4.29. The van der Waals surface area contributed by atoms with E-state index in [9.17, 15) is 5.26 Å². The summed E-state index contributed by atoms with van der Waals surface area (Å²) in [6.07, 6.45) is 2.79. The van der Waals surface area contributed by atoms with E-state index in [4.69, 9.17) is 0 Å². The quantitative estimate of drug-likeness (QED) is 0.580. The maximum atomic E-state index is 9.36. The van der Waals surface area contributed by atoms with Gasteiger partial charge in [-0.15, -0.1) is 22.7 Å². The number of hydrogen-bond donors (Lipinski definition) is 1. The van der Waals surface area contributed by atoms with Crippen LogP contribution in [0, 0.1) is 32.1 Å². The van der Waals surface area contributed by atoms with Crippen molar-refractivity contribution in [3.05, 3.63) is 45.1 Å². The average Bonchev–Trinajstić information content (AvgIpc) is 3.32. The van der Waals surface area contributed by atoms with Crippen LogP contribution in [0.4, 0.5) is 5.13 Å². The molecule has 0 aliphatic heterocycles. The summed E-state index contributed by atoms with van der Waals surface area (Å²) in [5.74, 6) is 0. The van der Waals surface area contributed by atoms with Crippen LogP contribution in [0.15, 0.2) is 23.0 Å². The van der Waals surface area contributed by atoms with Crippen LogP contribution in [0.3, 0.4) is 0 Å². The Morgan fingerprint density at radius 1 is 1.27 bits per heavy atom. The Morgan fingerprint density at radius 2 is 2.08 bits per heavy atom. The molecule has 7 heteroatoms. The van der Waals surface area contributed by atoms with E-state index in [-0.39, 0.29) is 0 Å². The normalized spacial score (nSPS) is 11.6. The average molecular weight is 384 g/mol. The first-order valence-electron chi connectivity index (χ1n) is 8.45. The molecular formula is C19H21N5S2. The van der Waals surface area contributed by atoms with Gasteiger partial charge >= 0.3 is 0 Å². The standard InChI is InChI=1S/C19H21N5S2/c1-5-6-24-13(3)7-16(14(24)4)17-11-26-19(23-17)21-9-15(8-20)18-22-12(2)10-25-18/h7,9-11H,5-6H2,1-4H3,(H,21,23)/b15-9+. The highest BCUT2D eigenvalue weighted by atomic mass is 32.1. The minimum Gasteiger partial charge on any atom is -0.348 e. The Hall–Kier alpha value is -2.43. The second-order valence-corrected chi connectivity index (χ2v) is 7.80. The number of anilines is 1. The summed E-state index contributed by atoms with van der Waals surface area (Å²) < 4.78 is 2.33. The molecule has 0 bridgehead atoms. The molecule has 3 heterocycles. The molecule has 0 atom stereocenters. The van der Waals surface area contributed by atoms with Gasteiger partial charge < -0.3 is 9.88 Å². The summed E-state index contributed by atoms with van der Waals surface area (Å²) in [6.45, 7) is 9.41. The molecule has 0 aliphatic carbocycles. The van der Waals surface area contributed by atoms with Crippen molar-refractivity contribution < 1.29 is 0 Å². The van der Waals surface area contributed by atoms with Gasteiger partial charge in [-0.1, -0.05) is 6.92 Å². The second kappa shape index (κ2) is 7.85. The van der Waals surface area contributed by atoms with Crippen molar-refractivity contribution in [2.24, 2.45) is 0 Å². The molecule has 3 aromatic heterocycles. The van der Waals surface area contributed by atoms with E-state index < -0.39 is 0 Å². The van der Waals surface area contributed by atoms with Gasteiger partial charge in [0.2, 0.25) is 0 Å². The number of aromatic nitrogens is 3. The maximum Gasteiger partial charge on any atom is 0.187 e. The van der Waals surface area contributed by atoms with Gasteiger partial charge in [-0.2, -0.15) is 5.26 Å². The summed E-state index contributed by atoms with van der Waals surface area (Å²) in [6, 6.07) is 4.39. The molecule has 26 heavy (non-hydrogen) atoms. The predicted octanol–water partition coefficient (Wildman–Crippen LogP) is 5.38. The summed E-state index contributed by atoms with van der Waals surface area (Å²) in [4.78, 5) is 9.04. The third kappa shape index (κ3) is 3.71. The van der Waals surface area contributed by atoms with Gasteiger partial charge in [0, 0.05) is 46.2 Å². The van der Waals surface area contributed by atoms with E-state index in [0.717, 1.165) is 34.5 Å². The molecule has 0 radical (unpaired) electrons. The highest BCUT2D eigenvalue weighted by Gasteiger charge is 2.13. The maximum absolute atomic E-state index is 9.36. The number of allylic oxidation sites excluding steroid dienone is 1. The zero-order valence-electron chi connectivity index (χ0n) is 15.3. The van der Waals surface area contributed by atoms with E-state index in [2.05, 4.69) is 52.8 Å². The van der Waals surface area contributed by atoms with Gasteiger partial charge in [-0.25, -0.2) is 9.97 Å². The predicted molar refractivity (Wildman–Crippen MR) is 109 cm³/mol. The highest BCUT2D eigenvalue weighted by Crippen LogP contribution is 2.30. The molecule has 0 amide bonds. The molecule has 0 aliphatic rings. The van der Waals surface area contributed by atoms with Crippen molar-refractivity contribution in [1.82, 2.24) is 14.5 Å². The lowest BCUT2D eigenvalue weighted by molar-refractivity contribution is 0.649. The largest absolute Gasteiger partial charge is 0.348 e. The Labute approximate surface area is 161 Å². The van der Waals surface area contributed by atoms with Crippen LogP contribution in [-0.2, 0) is 6.54 Å². The lowest BCUT2D eigenvalue weighted by Gasteiger charge is -2.07. The van der Waals surface area contributed by atoms with Crippen LogP contribution in [0.5, 0.6) is 0 Å². The fraction of sp³-hybridized carbons (Fsp3) is 0.316. The Kier molecular flexibility index (Phi) is 5.55. The number of nitrogens with zero attached hydrogens (tertiary/aromatic N) is 4. The topological polar surface area (TPSA) is 66.5 Å². The summed E-state index contributed by atoms with van der Waals surface area (Å²) in [7, 11) is 0. The number of rotatable bonds is 6. The molecule has 0 saturated carbocycles. The first-order chi connectivity index (χ1) is 12.5. The fourth-order valence-electron chi connectivity index (χ4n) is 2.85. The molecule has 5 nitrogen and oxygen atoms in total. The lowest BCUT2D eigenvalue weighted by Crippen LogP contribution is -2.01. The molecule has 3 rings (SSSR count). The smallest absolute Gasteiger partial charge is 0.187 e. The van der Waals surface area contributed by atoms with Crippen molar-refractivity contribution in [3.63, 3.8) is 0 Å². The second-order valence-electron chi connectivity index (χ2n) is 6.08. The number of hydrogen-bond acceptors (Lipinski definition) is 6. The minimum absolute atomic E-state index is 0.515. The van der Waals surface area contributed by atoms with Crippen molar-refractivity contribution in [2.45, 2.75) is 40.7 Å². The molecule has 134 valence electrons. The van der Waals surface area contributed by atoms with Crippen LogP contribution < -0.4 is 5.32 Å². The molecule has 0 fully saturated rings. The van der Waals surface area contributed by atoms with E-state index in [0.29, 0.717) is 5.57 Å². The Balaban J connectivity index is 1.81. The molecule has 3 aromatic rings. The third-order valence-corrected chi connectivity index (χ3v) is 5.88. The van der Waals surface area contributed by atoms with E-state index in [1.165, 1.54) is 39.6 Å². The summed E-state index contributed by atoms with van der Waals surface area (Å²) in [5, 5.41) is 18.0. The van der Waals surface area contributed by atoms with Crippen LogP contribution in [0.25, 0.3) is 16.8 Å². The number of nitriles is 1. The van der Waals surface area contributed by atoms with E-state index in [1.807, 2.05) is 17.7 Å². The molecule has 0 saturated heterocycles. The third-order valence-electron chi connectivity index (χ3n) is 4.11. The monoisotopic (exact) mass is 383 g/mol. The lowest BCUT2D eigenvalue weighted by atomic mass is 10.2. The SMILES string of the molecule is CCCn1c(C)cc(-c2csc(N/C=C(\C#N)c3nc(C)cs3)n2)c1C. The Bertz CT molecular complexity index is 984.